The lowest BCUT2D eigenvalue weighted by atomic mass is 9.88. The summed E-state index contributed by atoms with van der Waals surface area (Å²) in [5, 5.41) is 13.8. The van der Waals surface area contributed by atoms with E-state index >= 15 is 0 Å². The minimum atomic E-state index is -0.648. The molecule has 2 unspecified atom stereocenters. The van der Waals surface area contributed by atoms with Crippen molar-refractivity contribution in [3.05, 3.63) is 34.3 Å². The average Bonchev–Trinajstić information content (AvgIpc) is 2.75. The van der Waals surface area contributed by atoms with Crippen molar-refractivity contribution < 1.29 is 5.11 Å². The van der Waals surface area contributed by atoms with E-state index in [-0.39, 0.29) is 6.04 Å². The highest BCUT2D eigenvalue weighted by molar-refractivity contribution is 9.10. The Labute approximate surface area is 105 Å². The van der Waals surface area contributed by atoms with Crippen molar-refractivity contribution in [1.82, 2.24) is 5.32 Å². The van der Waals surface area contributed by atoms with Crippen LogP contribution in [0, 0.1) is 0 Å². The van der Waals surface area contributed by atoms with Gasteiger partial charge >= 0.3 is 0 Å². The Balaban J connectivity index is 2.04. The van der Waals surface area contributed by atoms with Crippen LogP contribution in [-0.2, 0) is 6.42 Å². The normalized spacial score (nSPS) is 24.3. The third-order valence-electron chi connectivity index (χ3n) is 3.29. The van der Waals surface area contributed by atoms with Gasteiger partial charge in [-0.1, -0.05) is 28.1 Å². The third kappa shape index (κ3) is 2.84. The molecule has 0 aromatic heterocycles. The topological polar surface area (TPSA) is 32.3 Å². The van der Waals surface area contributed by atoms with Gasteiger partial charge in [0.1, 0.15) is 0 Å². The monoisotopic (exact) mass is 283 g/mol. The SMILES string of the molecule is CC(O)(Cc1ccc(Br)cc1)C1CCCN1. The standard InChI is InChI=1S/C13H18BrNO/c1-13(16,12-3-2-8-15-12)9-10-4-6-11(14)7-5-10/h4-7,12,15-16H,2-3,8-9H2,1H3. The number of aliphatic hydroxyl groups is 1. The van der Waals surface area contributed by atoms with Crippen molar-refractivity contribution in [3.63, 3.8) is 0 Å². The van der Waals surface area contributed by atoms with E-state index < -0.39 is 5.60 Å². The second-order valence-electron chi connectivity index (χ2n) is 4.81. The van der Waals surface area contributed by atoms with Gasteiger partial charge in [0, 0.05) is 16.9 Å². The van der Waals surface area contributed by atoms with Gasteiger partial charge in [0.25, 0.3) is 0 Å². The summed E-state index contributed by atoms with van der Waals surface area (Å²) in [6.07, 6.45) is 2.95. The van der Waals surface area contributed by atoms with Crippen LogP contribution >= 0.6 is 15.9 Å². The molecular weight excluding hydrogens is 266 g/mol. The molecule has 16 heavy (non-hydrogen) atoms. The molecule has 2 N–H and O–H groups in total. The van der Waals surface area contributed by atoms with Crippen molar-refractivity contribution in [3.8, 4) is 0 Å². The molecule has 2 rings (SSSR count). The predicted molar refractivity (Wildman–Crippen MR) is 69.5 cm³/mol. The van der Waals surface area contributed by atoms with E-state index in [0.29, 0.717) is 6.42 Å². The van der Waals surface area contributed by atoms with Crippen LogP contribution in [0.5, 0.6) is 0 Å². The molecule has 0 aliphatic carbocycles. The smallest absolute Gasteiger partial charge is 0.0812 e. The second kappa shape index (κ2) is 4.86. The highest BCUT2D eigenvalue weighted by Crippen LogP contribution is 2.24. The van der Waals surface area contributed by atoms with Crippen LogP contribution in [0.15, 0.2) is 28.7 Å². The van der Waals surface area contributed by atoms with E-state index in [2.05, 4.69) is 33.4 Å². The van der Waals surface area contributed by atoms with Crippen LogP contribution in [0.2, 0.25) is 0 Å². The molecule has 3 heteroatoms. The molecule has 2 nitrogen and oxygen atoms in total. The zero-order valence-electron chi connectivity index (χ0n) is 9.54. The Bertz CT molecular complexity index is 341. The fourth-order valence-corrected chi connectivity index (χ4v) is 2.62. The number of hydrogen-bond donors (Lipinski definition) is 2. The Morgan fingerprint density at radius 3 is 2.69 bits per heavy atom. The van der Waals surface area contributed by atoms with Gasteiger partial charge in [-0.25, -0.2) is 0 Å². The summed E-state index contributed by atoms with van der Waals surface area (Å²) in [6, 6.07) is 8.40. The van der Waals surface area contributed by atoms with E-state index in [0.717, 1.165) is 17.4 Å². The fourth-order valence-electron chi connectivity index (χ4n) is 2.35. The van der Waals surface area contributed by atoms with E-state index in [4.69, 9.17) is 0 Å². The zero-order chi connectivity index (χ0) is 11.6. The minimum absolute atomic E-state index is 0.233. The molecule has 0 bridgehead atoms. The maximum atomic E-state index is 10.5. The Kier molecular flexibility index (Phi) is 3.67. The molecule has 1 aliphatic rings. The van der Waals surface area contributed by atoms with Gasteiger partial charge < -0.3 is 10.4 Å². The van der Waals surface area contributed by atoms with E-state index in [1.165, 1.54) is 12.0 Å². The molecule has 0 radical (unpaired) electrons. The highest BCUT2D eigenvalue weighted by Gasteiger charge is 2.33. The summed E-state index contributed by atoms with van der Waals surface area (Å²) in [5.74, 6) is 0. The largest absolute Gasteiger partial charge is 0.388 e. The summed E-state index contributed by atoms with van der Waals surface area (Å²) in [7, 11) is 0. The first kappa shape index (κ1) is 12.1. The molecule has 0 saturated carbocycles. The van der Waals surface area contributed by atoms with Gasteiger partial charge in [-0.2, -0.15) is 0 Å². The zero-order valence-corrected chi connectivity index (χ0v) is 11.1. The molecule has 1 saturated heterocycles. The molecule has 2 atom stereocenters. The summed E-state index contributed by atoms with van der Waals surface area (Å²) in [6.45, 7) is 2.96. The first-order valence-electron chi connectivity index (χ1n) is 5.78. The third-order valence-corrected chi connectivity index (χ3v) is 3.81. The van der Waals surface area contributed by atoms with Crippen LogP contribution < -0.4 is 5.32 Å². The number of hydrogen-bond acceptors (Lipinski definition) is 2. The number of rotatable bonds is 3. The minimum Gasteiger partial charge on any atom is -0.388 e. The van der Waals surface area contributed by atoms with Crippen LogP contribution in [-0.4, -0.2) is 23.3 Å². The van der Waals surface area contributed by atoms with Crippen molar-refractivity contribution in [2.45, 2.75) is 37.8 Å². The quantitative estimate of drug-likeness (QED) is 0.894. The molecule has 1 heterocycles. The summed E-state index contributed by atoms with van der Waals surface area (Å²) >= 11 is 3.42. The van der Waals surface area contributed by atoms with Crippen molar-refractivity contribution in [2.24, 2.45) is 0 Å². The molecule has 1 fully saturated rings. The summed E-state index contributed by atoms with van der Waals surface area (Å²) < 4.78 is 1.08. The van der Waals surface area contributed by atoms with Crippen molar-refractivity contribution in [1.29, 1.82) is 0 Å². The Morgan fingerprint density at radius 1 is 1.44 bits per heavy atom. The number of benzene rings is 1. The van der Waals surface area contributed by atoms with Gasteiger partial charge in [-0.3, -0.25) is 0 Å². The van der Waals surface area contributed by atoms with Gasteiger partial charge in [-0.05, 0) is 44.0 Å². The molecule has 0 amide bonds. The Morgan fingerprint density at radius 2 is 2.12 bits per heavy atom. The average molecular weight is 284 g/mol. The van der Waals surface area contributed by atoms with Gasteiger partial charge in [0.15, 0.2) is 0 Å². The van der Waals surface area contributed by atoms with Crippen molar-refractivity contribution in [2.75, 3.05) is 6.54 Å². The molecule has 0 spiro atoms. The highest BCUT2D eigenvalue weighted by atomic mass is 79.9. The maximum absolute atomic E-state index is 10.5. The van der Waals surface area contributed by atoms with Crippen LogP contribution in [0.25, 0.3) is 0 Å². The fraction of sp³-hybridized carbons (Fsp3) is 0.538. The van der Waals surface area contributed by atoms with E-state index in [1.54, 1.807) is 0 Å². The predicted octanol–water partition coefficient (Wildman–Crippen LogP) is 2.49. The molecule has 1 aromatic carbocycles. The lowest BCUT2D eigenvalue weighted by Gasteiger charge is -2.30. The molecule has 1 aromatic rings. The van der Waals surface area contributed by atoms with Crippen molar-refractivity contribution >= 4 is 15.9 Å². The summed E-state index contributed by atoms with van der Waals surface area (Å²) in [5.41, 5.74) is 0.534. The lowest BCUT2D eigenvalue weighted by Crippen LogP contribution is -2.46. The molecule has 88 valence electrons. The lowest BCUT2D eigenvalue weighted by molar-refractivity contribution is 0.0262. The first-order valence-corrected chi connectivity index (χ1v) is 6.57. The van der Waals surface area contributed by atoms with Crippen LogP contribution in [0.1, 0.15) is 25.3 Å². The maximum Gasteiger partial charge on any atom is 0.0812 e. The Hall–Kier alpha value is -0.380. The van der Waals surface area contributed by atoms with Gasteiger partial charge in [0.2, 0.25) is 0 Å². The van der Waals surface area contributed by atoms with E-state index in [9.17, 15) is 5.11 Å². The number of halogens is 1. The van der Waals surface area contributed by atoms with Gasteiger partial charge in [-0.15, -0.1) is 0 Å². The van der Waals surface area contributed by atoms with Gasteiger partial charge in [0.05, 0.1) is 5.60 Å². The summed E-state index contributed by atoms with van der Waals surface area (Å²) in [4.78, 5) is 0. The van der Waals surface area contributed by atoms with E-state index in [1.807, 2.05) is 19.1 Å². The van der Waals surface area contributed by atoms with Crippen LogP contribution in [0.4, 0.5) is 0 Å². The molecule has 1 aliphatic heterocycles. The first-order chi connectivity index (χ1) is 7.58. The number of nitrogens with one attached hydrogen (secondary N) is 1. The van der Waals surface area contributed by atoms with Crippen LogP contribution in [0.3, 0.4) is 0 Å². The molecular formula is C13H18BrNO. The second-order valence-corrected chi connectivity index (χ2v) is 5.73.